The van der Waals surface area contributed by atoms with E-state index in [1.165, 1.54) is 10.6 Å². The quantitative estimate of drug-likeness (QED) is 0.592. The van der Waals surface area contributed by atoms with E-state index < -0.39 is 32.3 Å². The van der Waals surface area contributed by atoms with Crippen molar-refractivity contribution < 1.29 is 22.0 Å². The van der Waals surface area contributed by atoms with Gasteiger partial charge in [0.2, 0.25) is 10.0 Å². The fourth-order valence-corrected chi connectivity index (χ4v) is 7.33. The zero-order valence-electron chi connectivity index (χ0n) is 18.5. The summed E-state index contributed by atoms with van der Waals surface area (Å²) in [6.45, 7) is 1.50. The number of Topliss-reactive ketones (excluding diaryl/α,β-unsaturated/α-hetero) is 1. The summed E-state index contributed by atoms with van der Waals surface area (Å²) in [6.07, 6.45) is 2.39. The second kappa shape index (κ2) is 8.35. The van der Waals surface area contributed by atoms with Gasteiger partial charge in [0.15, 0.2) is 0 Å². The van der Waals surface area contributed by atoms with Crippen LogP contribution in [-0.2, 0) is 26.8 Å². The maximum Gasteiger partial charge on any atom is 0.221 e. The molecule has 3 aromatic rings. The minimum atomic E-state index is -3.79. The average molecular weight is 487 g/mol. The molecule has 7 nitrogen and oxygen atoms in total. The molecule has 1 aliphatic heterocycles. The first-order chi connectivity index (χ1) is 16.2. The lowest BCUT2D eigenvalue weighted by atomic mass is 9.63. The number of aromatic nitrogens is 3. The molecule has 2 aromatic carbocycles. The molecule has 5 rings (SSSR count). The van der Waals surface area contributed by atoms with Crippen LogP contribution >= 0.6 is 0 Å². The number of sulfonamides is 1. The van der Waals surface area contributed by atoms with Crippen LogP contribution in [0.1, 0.15) is 60.4 Å². The van der Waals surface area contributed by atoms with Gasteiger partial charge in [-0.3, -0.25) is 4.79 Å². The Morgan fingerprint density at radius 2 is 1.85 bits per heavy atom. The van der Waals surface area contributed by atoms with Crippen molar-refractivity contribution in [3.63, 3.8) is 0 Å². The van der Waals surface area contributed by atoms with Crippen LogP contribution in [0.2, 0.25) is 0 Å². The molecule has 2 aliphatic rings. The third-order valence-electron chi connectivity index (χ3n) is 7.04. The topological polar surface area (TPSA) is 96.0 Å². The molecule has 1 N–H and O–H groups in total. The van der Waals surface area contributed by atoms with E-state index in [4.69, 9.17) is 0 Å². The lowest BCUT2D eigenvalue weighted by Crippen LogP contribution is -2.45. The van der Waals surface area contributed by atoms with E-state index in [1.54, 1.807) is 31.2 Å². The number of ketones is 1. The van der Waals surface area contributed by atoms with Crippen molar-refractivity contribution in [2.75, 3.05) is 0 Å². The van der Waals surface area contributed by atoms with E-state index in [9.17, 15) is 13.2 Å². The number of halogens is 2. The number of H-pyrrole nitrogens is 1. The normalized spacial score (nSPS) is 24.0. The molecule has 0 amide bonds. The number of benzene rings is 2. The highest BCUT2D eigenvalue weighted by molar-refractivity contribution is 7.89. The van der Waals surface area contributed by atoms with Crippen LogP contribution in [0.5, 0.6) is 0 Å². The molecule has 1 aromatic heterocycles. The van der Waals surface area contributed by atoms with Gasteiger partial charge in [-0.15, -0.1) is 10.2 Å². The monoisotopic (exact) mass is 486 g/mol. The van der Waals surface area contributed by atoms with E-state index in [0.29, 0.717) is 24.2 Å². The molecule has 1 aliphatic carbocycles. The van der Waals surface area contributed by atoms with Crippen molar-refractivity contribution in [3.05, 3.63) is 82.9 Å². The van der Waals surface area contributed by atoms with Crippen LogP contribution < -0.4 is 0 Å². The molecule has 34 heavy (non-hydrogen) atoms. The predicted molar refractivity (Wildman–Crippen MR) is 120 cm³/mol. The molecule has 1 saturated carbocycles. The van der Waals surface area contributed by atoms with Crippen molar-refractivity contribution in [2.45, 2.75) is 55.9 Å². The van der Waals surface area contributed by atoms with Gasteiger partial charge in [-0.2, -0.15) is 4.31 Å². The standard InChI is InChI=1S/C24H24F2N4O3S/c1-15-7-8-22(16-5-3-2-4-6-16)34(32,33)30(15)13-17-9-21(26)19(10-20(17)25)24(11-18(31)12-24)23-27-14-28-29-23/h2-6,9-10,14-15,22H,7-8,11-13H2,1H3,(H,27,28,29)/t15-,22+/m0/s1. The third kappa shape index (κ3) is 3.65. The summed E-state index contributed by atoms with van der Waals surface area (Å²) in [7, 11) is -3.79. The summed E-state index contributed by atoms with van der Waals surface area (Å²) in [5.41, 5.74) is -0.449. The van der Waals surface area contributed by atoms with Gasteiger partial charge in [0.1, 0.15) is 34.8 Å². The average Bonchev–Trinajstić information content (AvgIpc) is 3.32. The first-order valence-electron chi connectivity index (χ1n) is 11.1. The lowest BCUT2D eigenvalue weighted by Gasteiger charge is -2.39. The van der Waals surface area contributed by atoms with Crippen LogP contribution in [0, 0.1) is 11.6 Å². The number of rotatable bonds is 5. The maximum absolute atomic E-state index is 15.3. The zero-order valence-corrected chi connectivity index (χ0v) is 19.4. The minimum Gasteiger partial charge on any atom is -0.331 e. The molecule has 0 unspecified atom stereocenters. The molecule has 2 heterocycles. The molecule has 2 atom stereocenters. The number of hydrogen-bond donors (Lipinski definition) is 1. The van der Waals surface area contributed by atoms with Crippen LogP contribution in [0.4, 0.5) is 8.78 Å². The SMILES string of the molecule is C[C@H]1CC[C@H](c2ccccc2)S(=O)(=O)N1Cc1cc(F)c(C2(c3nnc[nH]3)CC(=O)C2)cc1F. The third-order valence-corrected chi connectivity index (χ3v) is 9.41. The highest BCUT2D eigenvalue weighted by Crippen LogP contribution is 2.47. The Kier molecular flexibility index (Phi) is 5.60. The zero-order chi connectivity index (χ0) is 24.1. The molecule has 0 bridgehead atoms. The minimum absolute atomic E-state index is 0.00576. The summed E-state index contributed by atoms with van der Waals surface area (Å²) < 4.78 is 58.8. The number of carbonyl (C=O) groups excluding carboxylic acids is 1. The molecule has 0 radical (unpaired) electrons. The highest BCUT2D eigenvalue weighted by atomic mass is 32.2. The molecule has 1 saturated heterocycles. The Labute approximate surface area is 196 Å². The molecule has 2 fully saturated rings. The predicted octanol–water partition coefficient (Wildman–Crippen LogP) is 3.79. The second-order valence-corrected chi connectivity index (χ2v) is 11.2. The number of nitrogens with one attached hydrogen (secondary N) is 1. The van der Waals surface area contributed by atoms with Crippen LogP contribution in [0.3, 0.4) is 0 Å². The summed E-state index contributed by atoms with van der Waals surface area (Å²) in [5.74, 6) is -1.21. The smallest absolute Gasteiger partial charge is 0.221 e. The fraction of sp³-hybridized carbons (Fsp3) is 0.375. The van der Waals surface area contributed by atoms with Gasteiger partial charge in [0.25, 0.3) is 0 Å². The maximum atomic E-state index is 15.3. The Hall–Kier alpha value is -2.98. The lowest BCUT2D eigenvalue weighted by molar-refractivity contribution is -0.127. The first-order valence-corrected chi connectivity index (χ1v) is 12.6. The highest BCUT2D eigenvalue weighted by Gasteiger charge is 2.51. The van der Waals surface area contributed by atoms with Crippen LogP contribution in [0.15, 0.2) is 48.8 Å². The van der Waals surface area contributed by atoms with Gasteiger partial charge in [0, 0.05) is 36.6 Å². The summed E-state index contributed by atoms with van der Waals surface area (Å²) in [4.78, 5) is 14.6. The van der Waals surface area contributed by atoms with Crippen molar-refractivity contribution in [3.8, 4) is 0 Å². The van der Waals surface area contributed by atoms with Crippen molar-refractivity contribution in [1.82, 2.24) is 19.5 Å². The molecule has 0 spiro atoms. The Morgan fingerprint density at radius 3 is 2.50 bits per heavy atom. The van der Waals surface area contributed by atoms with Crippen molar-refractivity contribution >= 4 is 15.8 Å². The van der Waals surface area contributed by atoms with Gasteiger partial charge in [-0.25, -0.2) is 17.2 Å². The Balaban J connectivity index is 1.48. The van der Waals surface area contributed by atoms with Gasteiger partial charge in [0.05, 0.1) is 5.41 Å². The molecule has 10 heteroatoms. The summed E-state index contributed by atoms with van der Waals surface area (Å²) in [6, 6.07) is 10.7. The second-order valence-electron chi connectivity index (χ2n) is 9.15. The molecular weight excluding hydrogens is 462 g/mol. The van der Waals surface area contributed by atoms with Crippen LogP contribution in [-0.4, -0.2) is 39.7 Å². The number of hydrogen-bond acceptors (Lipinski definition) is 5. The summed E-state index contributed by atoms with van der Waals surface area (Å²) >= 11 is 0. The number of nitrogens with zero attached hydrogens (tertiary/aromatic N) is 3. The molecule has 178 valence electrons. The Bertz CT molecular complexity index is 1320. The van der Waals surface area contributed by atoms with Gasteiger partial charge in [-0.1, -0.05) is 30.3 Å². The Morgan fingerprint density at radius 1 is 1.12 bits per heavy atom. The van der Waals surface area contributed by atoms with E-state index in [1.807, 2.05) is 6.07 Å². The summed E-state index contributed by atoms with van der Waals surface area (Å²) in [5, 5.41) is 6.93. The van der Waals surface area contributed by atoms with E-state index in [-0.39, 0.29) is 42.3 Å². The fourth-order valence-electron chi connectivity index (χ4n) is 5.14. The number of carbonyl (C=O) groups is 1. The number of aromatic amines is 1. The van der Waals surface area contributed by atoms with Crippen molar-refractivity contribution in [2.24, 2.45) is 0 Å². The van der Waals surface area contributed by atoms with E-state index in [0.717, 1.165) is 12.1 Å². The van der Waals surface area contributed by atoms with E-state index in [2.05, 4.69) is 15.2 Å². The van der Waals surface area contributed by atoms with Gasteiger partial charge < -0.3 is 4.98 Å². The first kappa shape index (κ1) is 22.8. The van der Waals surface area contributed by atoms with Gasteiger partial charge >= 0.3 is 0 Å². The van der Waals surface area contributed by atoms with Gasteiger partial charge in [-0.05, 0) is 37.5 Å². The van der Waals surface area contributed by atoms with Crippen LogP contribution in [0.25, 0.3) is 0 Å². The molecular formula is C24H24F2N4O3S. The van der Waals surface area contributed by atoms with E-state index >= 15 is 8.78 Å². The largest absolute Gasteiger partial charge is 0.331 e. The van der Waals surface area contributed by atoms with Crippen molar-refractivity contribution in [1.29, 1.82) is 0 Å².